The fraction of sp³-hybridized carbons (Fsp3) is 0.308. The lowest BCUT2D eigenvalue weighted by atomic mass is 10.3. The average molecular weight is 304 g/mol. The summed E-state index contributed by atoms with van der Waals surface area (Å²) in [5.74, 6) is -0.185. The molecule has 0 aliphatic carbocycles. The summed E-state index contributed by atoms with van der Waals surface area (Å²) in [6, 6.07) is 1.81. The Morgan fingerprint density at radius 3 is 2.36 bits per heavy atom. The van der Waals surface area contributed by atoms with E-state index in [1.807, 2.05) is 19.9 Å². The molecule has 0 amide bonds. The molecule has 9 nitrogen and oxygen atoms in total. The molecule has 116 valence electrons. The maximum absolute atomic E-state index is 12.0. The molecule has 0 bridgehead atoms. The molecular weight excluding hydrogens is 288 g/mol. The number of nitrogens with zero attached hydrogens (tertiary/aromatic N) is 5. The van der Waals surface area contributed by atoms with Gasteiger partial charge in [-0.15, -0.1) is 0 Å². The van der Waals surface area contributed by atoms with Crippen LogP contribution in [0.2, 0.25) is 0 Å². The molecule has 0 saturated heterocycles. The smallest absolute Gasteiger partial charge is 0.333 e. The summed E-state index contributed by atoms with van der Waals surface area (Å²) in [7, 11) is 2.68. The van der Waals surface area contributed by atoms with E-state index in [1.54, 1.807) is 0 Å². The molecule has 2 aromatic rings. The Morgan fingerprint density at radius 1 is 1.18 bits per heavy atom. The number of aromatic hydroxyl groups is 1. The van der Waals surface area contributed by atoms with Crippen LogP contribution in [0.15, 0.2) is 20.8 Å². The molecular formula is C13H16N6O3. The zero-order valence-corrected chi connectivity index (χ0v) is 12.7. The molecule has 9 heteroatoms. The maximum atomic E-state index is 12.0. The Balaban J connectivity index is 2.35. The predicted octanol–water partition coefficient (Wildman–Crippen LogP) is -0.358. The predicted molar refractivity (Wildman–Crippen MR) is 81.3 cm³/mol. The Morgan fingerprint density at radius 2 is 1.77 bits per heavy atom. The number of anilines is 1. The third-order valence-corrected chi connectivity index (χ3v) is 3.01. The van der Waals surface area contributed by atoms with Gasteiger partial charge in [0.05, 0.1) is 6.21 Å². The number of aromatic nitrogens is 4. The van der Waals surface area contributed by atoms with Crippen molar-refractivity contribution >= 4 is 12.2 Å². The van der Waals surface area contributed by atoms with Crippen molar-refractivity contribution in [2.45, 2.75) is 13.8 Å². The highest BCUT2D eigenvalue weighted by molar-refractivity contribution is 5.82. The highest BCUT2D eigenvalue weighted by atomic mass is 16.3. The van der Waals surface area contributed by atoms with Crippen LogP contribution >= 0.6 is 0 Å². The molecule has 22 heavy (non-hydrogen) atoms. The lowest BCUT2D eigenvalue weighted by molar-refractivity contribution is 0.410. The summed E-state index contributed by atoms with van der Waals surface area (Å²) < 4.78 is 1.84. The molecule has 0 spiro atoms. The third kappa shape index (κ3) is 2.87. The minimum Gasteiger partial charge on any atom is -0.494 e. The van der Waals surface area contributed by atoms with Crippen molar-refractivity contribution in [1.82, 2.24) is 19.1 Å². The number of hydrazone groups is 1. The minimum absolute atomic E-state index is 0.110. The normalized spacial score (nSPS) is 11.1. The van der Waals surface area contributed by atoms with Crippen molar-refractivity contribution in [2.75, 3.05) is 5.43 Å². The molecule has 0 aliphatic rings. The molecule has 2 N–H and O–H groups in total. The summed E-state index contributed by atoms with van der Waals surface area (Å²) in [4.78, 5) is 31.8. The molecule has 2 heterocycles. The van der Waals surface area contributed by atoms with Crippen LogP contribution in [0.25, 0.3) is 0 Å². The molecule has 0 aromatic carbocycles. The van der Waals surface area contributed by atoms with Crippen LogP contribution in [-0.4, -0.2) is 30.4 Å². The van der Waals surface area contributed by atoms with Gasteiger partial charge in [-0.05, 0) is 19.9 Å². The van der Waals surface area contributed by atoms with Gasteiger partial charge in [0.25, 0.3) is 5.56 Å². The SMILES string of the molecule is Cc1cc(C)nc(N/N=C\c2c(O)n(C)c(=O)n(C)c2=O)n1. The largest absolute Gasteiger partial charge is 0.494 e. The maximum Gasteiger partial charge on any atom is 0.333 e. The van der Waals surface area contributed by atoms with Crippen LogP contribution in [0.5, 0.6) is 5.88 Å². The highest BCUT2D eigenvalue weighted by Gasteiger charge is 2.12. The summed E-state index contributed by atoms with van der Waals surface area (Å²) in [6.45, 7) is 3.64. The second-order valence-electron chi connectivity index (χ2n) is 4.79. The molecule has 0 aliphatic heterocycles. The molecule has 2 rings (SSSR count). The zero-order valence-electron chi connectivity index (χ0n) is 12.7. The summed E-state index contributed by atoms with van der Waals surface area (Å²) >= 11 is 0. The van der Waals surface area contributed by atoms with Crippen LogP contribution in [0.4, 0.5) is 5.95 Å². The first-order chi connectivity index (χ1) is 10.3. The summed E-state index contributed by atoms with van der Waals surface area (Å²) in [5.41, 5.74) is 2.75. The van der Waals surface area contributed by atoms with E-state index in [4.69, 9.17) is 0 Å². The lowest BCUT2D eigenvalue weighted by Gasteiger charge is -2.07. The van der Waals surface area contributed by atoms with Gasteiger partial charge >= 0.3 is 5.69 Å². The minimum atomic E-state index is -0.646. The van der Waals surface area contributed by atoms with Crippen LogP contribution < -0.4 is 16.7 Å². The average Bonchev–Trinajstić information content (AvgIpc) is 2.46. The van der Waals surface area contributed by atoms with Crippen LogP contribution in [0, 0.1) is 13.8 Å². The van der Waals surface area contributed by atoms with Crippen LogP contribution in [-0.2, 0) is 14.1 Å². The van der Waals surface area contributed by atoms with Gasteiger partial charge in [-0.25, -0.2) is 20.2 Å². The van der Waals surface area contributed by atoms with Gasteiger partial charge in [0.2, 0.25) is 11.8 Å². The lowest BCUT2D eigenvalue weighted by Crippen LogP contribution is -2.38. The van der Waals surface area contributed by atoms with E-state index in [9.17, 15) is 14.7 Å². The van der Waals surface area contributed by atoms with Gasteiger partial charge in [-0.2, -0.15) is 5.10 Å². The Labute approximate surface area is 125 Å². The van der Waals surface area contributed by atoms with Gasteiger partial charge in [0, 0.05) is 25.5 Å². The first-order valence-electron chi connectivity index (χ1n) is 6.41. The monoisotopic (exact) mass is 304 g/mol. The molecule has 2 aromatic heterocycles. The van der Waals surface area contributed by atoms with E-state index in [1.165, 1.54) is 14.1 Å². The van der Waals surface area contributed by atoms with Crippen molar-refractivity contribution in [2.24, 2.45) is 19.2 Å². The topological polar surface area (TPSA) is 114 Å². The molecule has 0 radical (unpaired) electrons. The Bertz CT molecular complexity index is 845. The van der Waals surface area contributed by atoms with Crippen LogP contribution in [0.1, 0.15) is 17.0 Å². The van der Waals surface area contributed by atoms with Crippen molar-refractivity contribution < 1.29 is 5.11 Å². The fourth-order valence-corrected chi connectivity index (χ4v) is 1.90. The van der Waals surface area contributed by atoms with E-state index in [-0.39, 0.29) is 11.5 Å². The fourth-order valence-electron chi connectivity index (χ4n) is 1.90. The third-order valence-electron chi connectivity index (χ3n) is 3.01. The van der Waals surface area contributed by atoms with Gasteiger partial charge in [0.15, 0.2) is 0 Å². The quantitative estimate of drug-likeness (QED) is 0.591. The van der Waals surface area contributed by atoms with Crippen molar-refractivity contribution in [3.8, 4) is 5.88 Å². The van der Waals surface area contributed by atoms with Crippen molar-refractivity contribution in [3.63, 3.8) is 0 Å². The number of hydrogen-bond acceptors (Lipinski definition) is 7. The summed E-state index contributed by atoms with van der Waals surface area (Å²) in [5, 5.41) is 13.7. The second-order valence-corrected chi connectivity index (χ2v) is 4.79. The van der Waals surface area contributed by atoms with E-state index in [2.05, 4.69) is 20.5 Å². The number of aryl methyl sites for hydroxylation is 2. The Hall–Kier alpha value is -2.97. The number of nitrogens with one attached hydrogen (secondary N) is 1. The van der Waals surface area contributed by atoms with Gasteiger partial charge in [-0.3, -0.25) is 13.9 Å². The van der Waals surface area contributed by atoms with E-state index < -0.39 is 17.1 Å². The van der Waals surface area contributed by atoms with Gasteiger partial charge in [0.1, 0.15) is 5.56 Å². The number of rotatable bonds is 3. The summed E-state index contributed by atoms with van der Waals surface area (Å²) in [6.07, 6.45) is 1.12. The standard InChI is InChI=1S/C13H16N6O3/c1-7-5-8(2)16-12(15-7)17-14-6-9-10(20)18(3)13(22)19(4)11(9)21/h5-6,20H,1-4H3,(H,15,16,17)/b14-6-. The van der Waals surface area contributed by atoms with Gasteiger partial charge < -0.3 is 5.11 Å². The second kappa shape index (κ2) is 5.80. The van der Waals surface area contributed by atoms with Crippen molar-refractivity contribution in [3.05, 3.63) is 43.9 Å². The first kappa shape index (κ1) is 15.4. The Kier molecular flexibility index (Phi) is 4.06. The number of hydrogen-bond donors (Lipinski definition) is 2. The first-order valence-corrected chi connectivity index (χ1v) is 6.41. The van der Waals surface area contributed by atoms with E-state index in [0.29, 0.717) is 0 Å². The molecule has 0 saturated carbocycles. The van der Waals surface area contributed by atoms with E-state index in [0.717, 1.165) is 26.7 Å². The van der Waals surface area contributed by atoms with Gasteiger partial charge in [-0.1, -0.05) is 0 Å². The molecule has 0 fully saturated rings. The zero-order chi connectivity index (χ0) is 16.4. The molecule has 0 unspecified atom stereocenters. The highest BCUT2D eigenvalue weighted by Crippen LogP contribution is 2.07. The van der Waals surface area contributed by atoms with Crippen molar-refractivity contribution in [1.29, 1.82) is 0 Å². The van der Waals surface area contributed by atoms with E-state index >= 15 is 0 Å². The molecule has 0 atom stereocenters. The van der Waals surface area contributed by atoms with Crippen LogP contribution in [0.3, 0.4) is 0 Å².